The summed E-state index contributed by atoms with van der Waals surface area (Å²) in [6.45, 7) is 3.64. The van der Waals surface area contributed by atoms with Crippen LogP contribution < -0.4 is 0 Å². The van der Waals surface area contributed by atoms with Gasteiger partial charge in [-0.05, 0) is 0 Å². The van der Waals surface area contributed by atoms with Gasteiger partial charge in [-0.25, -0.2) is 24.3 Å². The minimum atomic E-state index is 0. The van der Waals surface area contributed by atoms with E-state index >= 15 is 0 Å². The second kappa shape index (κ2) is 8.90. The van der Waals surface area contributed by atoms with E-state index in [-0.39, 0.29) is 26.2 Å². The largest absolute Gasteiger partial charge is 2.00 e. The molecule has 0 heterocycles. The Morgan fingerprint density at radius 3 is 2.00 bits per heavy atom. The van der Waals surface area contributed by atoms with Gasteiger partial charge in [0, 0.05) is 0 Å². The summed E-state index contributed by atoms with van der Waals surface area (Å²) in [5.41, 5.74) is 1.35. The quantitative estimate of drug-likeness (QED) is 0.573. The van der Waals surface area contributed by atoms with Crippen molar-refractivity contribution >= 4 is 0 Å². The molecule has 0 radical (unpaired) electrons. The van der Waals surface area contributed by atoms with Gasteiger partial charge in [-0.3, -0.25) is 0 Å². The number of hydrogen-bond donors (Lipinski definition) is 0. The Bertz CT molecular complexity index is 273. The summed E-state index contributed by atoms with van der Waals surface area (Å²) in [5.74, 6) is 0. The molecule has 0 aliphatic carbocycles. The molecule has 0 fully saturated rings. The molecule has 0 unspecified atom stereocenters. The Labute approximate surface area is 105 Å². The second-order valence-corrected chi connectivity index (χ2v) is 2.75. The third kappa shape index (κ3) is 5.88. The summed E-state index contributed by atoms with van der Waals surface area (Å²) in [6, 6.07) is 18.3. The van der Waals surface area contributed by atoms with Gasteiger partial charge in [0.15, 0.2) is 0 Å². The van der Waals surface area contributed by atoms with Crippen LogP contribution in [-0.2, 0) is 32.6 Å². The van der Waals surface area contributed by atoms with Gasteiger partial charge >= 0.3 is 26.2 Å². The maximum absolute atomic E-state index is 3.64. The van der Waals surface area contributed by atoms with Gasteiger partial charge in [0.05, 0.1) is 0 Å². The molecule has 2 rings (SSSR count). The van der Waals surface area contributed by atoms with E-state index in [1.54, 1.807) is 0 Å². The van der Waals surface area contributed by atoms with Crippen LogP contribution in [0.4, 0.5) is 0 Å². The predicted molar refractivity (Wildman–Crippen MR) is 58.0 cm³/mol. The molecule has 0 aromatic heterocycles. The average molecular weight is 261 g/mol. The first kappa shape index (κ1) is 13.3. The van der Waals surface area contributed by atoms with Crippen molar-refractivity contribution in [2.24, 2.45) is 0 Å². The molecule has 0 amide bonds. The molecule has 1 heteroatoms. The third-order valence-electron chi connectivity index (χ3n) is 1.67. The zero-order chi connectivity index (χ0) is 9.36. The van der Waals surface area contributed by atoms with Crippen molar-refractivity contribution in [3.05, 3.63) is 72.8 Å². The molecule has 0 saturated carbocycles. The summed E-state index contributed by atoms with van der Waals surface area (Å²) < 4.78 is 0. The van der Waals surface area contributed by atoms with Crippen LogP contribution in [0.1, 0.15) is 5.56 Å². The van der Waals surface area contributed by atoms with E-state index in [1.807, 2.05) is 48.5 Å². The van der Waals surface area contributed by atoms with E-state index in [1.165, 1.54) is 5.56 Å². The van der Waals surface area contributed by atoms with Crippen LogP contribution in [0.2, 0.25) is 0 Å². The van der Waals surface area contributed by atoms with Crippen LogP contribution in [0.3, 0.4) is 0 Å². The summed E-state index contributed by atoms with van der Waals surface area (Å²) in [7, 11) is 0. The Balaban J connectivity index is 0.000000246. The molecule has 70 valence electrons. The second-order valence-electron chi connectivity index (χ2n) is 2.75. The molecule has 0 aliphatic heterocycles. The number of allylic oxidation sites excluding steroid dienone is 1. The maximum atomic E-state index is 3.64. The molecule has 0 aliphatic rings. The van der Waals surface area contributed by atoms with Crippen molar-refractivity contribution in [1.29, 1.82) is 0 Å². The van der Waals surface area contributed by atoms with Crippen molar-refractivity contribution < 1.29 is 26.2 Å². The predicted octanol–water partition coefficient (Wildman–Crippen LogP) is 3.54. The van der Waals surface area contributed by atoms with E-state index in [4.69, 9.17) is 0 Å². The van der Waals surface area contributed by atoms with Crippen LogP contribution in [0.15, 0.2) is 67.3 Å². The fourth-order valence-electron chi connectivity index (χ4n) is 1.04. The van der Waals surface area contributed by atoms with Crippen LogP contribution in [0, 0.1) is 0 Å². The first-order valence-corrected chi connectivity index (χ1v) is 4.41. The van der Waals surface area contributed by atoms with Crippen LogP contribution in [0.5, 0.6) is 0 Å². The third-order valence-corrected chi connectivity index (χ3v) is 1.67. The molecular formula is C13H14Zr. The first-order chi connectivity index (χ1) is 6.43. The van der Waals surface area contributed by atoms with Crippen molar-refractivity contribution in [2.75, 3.05) is 0 Å². The fraction of sp³-hybridized carbons (Fsp3) is 0.0769. The van der Waals surface area contributed by atoms with E-state index in [9.17, 15) is 0 Å². The summed E-state index contributed by atoms with van der Waals surface area (Å²) in [6.07, 6.45) is 2.91. The Morgan fingerprint density at radius 1 is 1.07 bits per heavy atom. The van der Waals surface area contributed by atoms with Gasteiger partial charge < -0.3 is 0 Å². The topological polar surface area (TPSA) is 0 Å². The van der Waals surface area contributed by atoms with Crippen molar-refractivity contribution in [2.45, 2.75) is 6.42 Å². The van der Waals surface area contributed by atoms with Gasteiger partial charge in [0.25, 0.3) is 0 Å². The standard InChI is InChI=1S/C8H9.C5H5.Zr/c1-2-5-8-6-3-4-7-8;1-2-4-5-3-1;/h2-4,6-7H,1,5H2;1-5H;/q2*-1;+2. The molecule has 0 atom stereocenters. The van der Waals surface area contributed by atoms with Crippen LogP contribution >= 0.6 is 0 Å². The van der Waals surface area contributed by atoms with Gasteiger partial charge in [0.2, 0.25) is 0 Å². The van der Waals surface area contributed by atoms with Gasteiger partial charge in [-0.2, -0.15) is 35.9 Å². The Hall–Kier alpha value is -0.677. The van der Waals surface area contributed by atoms with Crippen molar-refractivity contribution in [3.63, 3.8) is 0 Å². The van der Waals surface area contributed by atoms with E-state index in [0.29, 0.717) is 0 Å². The SMILES string of the molecule is C=CC[c-]1cccc1.[Zr+2].c1cc[cH-]c1. The van der Waals surface area contributed by atoms with Gasteiger partial charge in [0.1, 0.15) is 0 Å². The zero-order valence-electron chi connectivity index (χ0n) is 8.19. The van der Waals surface area contributed by atoms with Gasteiger partial charge in [-0.15, -0.1) is 6.58 Å². The summed E-state index contributed by atoms with van der Waals surface area (Å²) in [5, 5.41) is 0. The molecule has 0 N–H and O–H groups in total. The monoisotopic (exact) mass is 260 g/mol. The number of hydrogen-bond acceptors (Lipinski definition) is 0. The minimum absolute atomic E-state index is 0. The smallest absolute Gasteiger partial charge is 0.214 e. The molecule has 0 saturated heterocycles. The minimum Gasteiger partial charge on any atom is -0.214 e. The molecule has 0 nitrogen and oxygen atoms in total. The Kier molecular flexibility index (Phi) is 8.47. The van der Waals surface area contributed by atoms with Crippen LogP contribution in [-0.4, -0.2) is 0 Å². The number of rotatable bonds is 2. The van der Waals surface area contributed by atoms with E-state index in [2.05, 4.69) is 18.7 Å². The van der Waals surface area contributed by atoms with Crippen LogP contribution in [0.25, 0.3) is 0 Å². The van der Waals surface area contributed by atoms with E-state index < -0.39 is 0 Å². The first-order valence-electron chi connectivity index (χ1n) is 4.41. The maximum Gasteiger partial charge on any atom is 2.00 e. The van der Waals surface area contributed by atoms with Crippen molar-refractivity contribution in [1.82, 2.24) is 0 Å². The summed E-state index contributed by atoms with van der Waals surface area (Å²) in [4.78, 5) is 0. The molecule has 0 spiro atoms. The normalized spacial score (nSPS) is 8.00. The molecule has 2 aromatic rings. The molecule has 2 aromatic carbocycles. The van der Waals surface area contributed by atoms with E-state index in [0.717, 1.165) is 6.42 Å². The zero-order valence-corrected chi connectivity index (χ0v) is 10.6. The molecule has 14 heavy (non-hydrogen) atoms. The molecule has 0 bridgehead atoms. The fourth-order valence-corrected chi connectivity index (χ4v) is 1.04. The Morgan fingerprint density at radius 2 is 1.64 bits per heavy atom. The molecular weight excluding hydrogens is 247 g/mol. The van der Waals surface area contributed by atoms with Crippen molar-refractivity contribution in [3.8, 4) is 0 Å². The summed E-state index contributed by atoms with van der Waals surface area (Å²) >= 11 is 0. The average Bonchev–Trinajstić information content (AvgIpc) is 2.79. The van der Waals surface area contributed by atoms with Gasteiger partial charge in [-0.1, -0.05) is 12.5 Å².